The lowest BCUT2D eigenvalue weighted by molar-refractivity contribution is 0.0369. The zero-order chi connectivity index (χ0) is 17.2. The van der Waals surface area contributed by atoms with Crippen molar-refractivity contribution in [3.63, 3.8) is 0 Å². The van der Waals surface area contributed by atoms with E-state index in [-0.39, 0.29) is 12.5 Å². The fourth-order valence-corrected chi connectivity index (χ4v) is 3.12. The van der Waals surface area contributed by atoms with E-state index in [0.29, 0.717) is 23.5 Å². The molecule has 2 aromatic rings. The Morgan fingerprint density at radius 2 is 1.83 bits per heavy atom. The van der Waals surface area contributed by atoms with Crippen molar-refractivity contribution in [1.29, 1.82) is 0 Å². The van der Waals surface area contributed by atoms with Gasteiger partial charge in [0.05, 0.1) is 20.8 Å². The minimum atomic E-state index is -1.02. The number of ether oxygens (including phenoxy) is 2. The molecule has 0 radical (unpaired) electrons. The fourth-order valence-electron chi connectivity index (χ4n) is 3.12. The number of hydrogen-bond donors (Lipinski definition) is 2. The third kappa shape index (κ3) is 3.08. The van der Waals surface area contributed by atoms with E-state index in [1.54, 1.807) is 18.2 Å². The first-order chi connectivity index (χ1) is 11.6. The molecule has 24 heavy (non-hydrogen) atoms. The first kappa shape index (κ1) is 16.3. The van der Waals surface area contributed by atoms with Crippen LogP contribution in [0.1, 0.15) is 27.9 Å². The van der Waals surface area contributed by atoms with E-state index < -0.39 is 5.60 Å². The van der Waals surface area contributed by atoms with Crippen molar-refractivity contribution in [3.05, 3.63) is 59.2 Å². The normalized spacial score (nSPS) is 18.8. The van der Waals surface area contributed by atoms with Gasteiger partial charge in [0.25, 0.3) is 5.91 Å². The van der Waals surface area contributed by atoms with Crippen LogP contribution in [0.25, 0.3) is 0 Å². The standard InChI is InChI=1S/C19H21NO4/c1-23-15-9-14(10-16(11-15)24-2)18(21)20-12-19(22)8-7-13-5-3-4-6-17(13)19/h3-6,9-11,22H,7-8,12H2,1-2H3,(H,20,21). The molecule has 0 heterocycles. The predicted octanol–water partition coefficient (Wildman–Crippen LogP) is 2.27. The van der Waals surface area contributed by atoms with Gasteiger partial charge in [-0.3, -0.25) is 4.79 Å². The maximum atomic E-state index is 12.5. The molecule has 2 N–H and O–H groups in total. The van der Waals surface area contributed by atoms with E-state index in [2.05, 4.69) is 5.32 Å². The Balaban J connectivity index is 1.75. The van der Waals surface area contributed by atoms with Crippen LogP contribution < -0.4 is 14.8 Å². The molecule has 2 aromatic carbocycles. The van der Waals surface area contributed by atoms with E-state index in [1.165, 1.54) is 14.2 Å². The summed E-state index contributed by atoms with van der Waals surface area (Å²) in [4.78, 5) is 12.5. The summed E-state index contributed by atoms with van der Waals surface area (Å²) in [5, 5.41) is 13.7. The second kappa shape index (κ2) is 6.53. The van der Waals surface area contributed by atoms with Crippen LogP contribution in [-0.4, -0.2) is 31.8 Å². The van der Waals surface area contributed by atoms with E-state index in [4.69, 9.17) is 9.47 Å². The third-order valence-corrected chi connectivity index (χ3v) is 4.48. The van der Waals surface area contributed by atoms with Crippen molar-refractivity contribution in [1.82, 2.24) is 5.32 Å². The van der Waals surface area contributed by atoms with Gasteiger partial charge in [-0.25, -0.2) is 0 Å². The number of benzene rings is 2. The minimum Gasteiger partial charge on any atom is -0.497 e. The fraction of sp³-hybridized carbons (Fsp3) is 0.316. The Labute approximate surface area is 141 Å². The molecule has 0 spiro atoms. The van der Waals surface area contributed by atoms with Crippen LogP contribution >= 0.6 is 0 Å². The van der Waals surface area contributed by atoms with Crippen LogP contribution in [-0.2, 0) is 12.0 Å². The van der Waals surface area contributed by atoms with E-state index in [9.17, 15) is 9.90 Å². The molecule has 0 aromatic heterocycles. The number of carbonyl (C=O) groups is 1. The van der Waals surface area contributed by atoms with Crippen molar-refractivity contribution < 1.29 is 19.4 Å². The highest BCUT2D eigenvalue weighted by molar-refractivity contribution is 5.95. The summed E-state index contributed by atoms with van der Waals surface area (Å²) in [6, 6.07) is 12.8. The smallest absolute Gasteiger partial charge is 0.251 e. The number of aryl methyl sites for hydroxylation is 1. The van der Waals surface area contributed by atoms with Gasteiger partial charge in [-0.2, -0.15) is 0 Å². The molecule has 0 saturated heterocycles. The second-order valence-corrected chi connectivity index (χ2v) is 5.97. The monoisotopic (exact) mass is 327 g/mol. The molecular weight excluding hydrogens is 306 g/mol. The number of nitrogens with one attached hydrogen (secondary N) is 1. The molecule has 5 nitrogen and oxygen atoms in total. The predicted molar refractivity (Wildman–Crippen MR) is 90.5 cm³/mol. The molecule has 1 atom stereocenters. The van der Waals surface area contributed by atoms with Gasteiger partial charge in [-0.1, -0.05) is 24.3 Å². The van der Waals surface area contributed by atoms with Gasteiger partial charge in [0, 0.05) is 11.6 Å². The van der Waals surface area contributed by atoms with Gasteiger partial charge in [-0.15, -0.1) is 0 Å². The lowest BCUT2D eigenvalue weighted by Crippen LogP contribution is -2.39. The molecule has 0 aliphatic heterocycles. The summed E-state index contributed by atoms with van der Waals surface area (Å²) in [5.74, 6) is 0.818. The summed E-state index contributed by atoms with van der Waals surface area (Å²) >= 11 is 0. The number of carbonyl (C=O) groups excluding carboxylic acids is 1. The van der Waals surface area contributed by atoms with Crippen molar-refractivity contribution in [2.24, 2.45) is 0 Å². The van der Waals surface area contributed by atoms with Crippen molar-refractivity contribution in [2.45, 2.75) is 18.4 Å². The van der Waals surface area contributed by atoms with Gasteiger partial charge in [0.15, 0.2) is 0 Å². The molecular formula is C19H21NO4. The topological polar surface area (TPSA) is 67.8 Å². The minimum absolute atomic E-state index is 0.169. The maximum absolute atomic E-state index is 12.5. The van der Waals surface area contributed by atoms with Gasteiger partial charge in [-0.05, 0) is 36.1 Å². The van der Waals surface area contributed by atoms with Crippen molar-refractivity contribution in [3.8, 4) is 11.5 Å². The number of fused-ring (bicyclic) bond motifs is 1. The molecule has 3 rings (SSSR count). The molecule has 0 fully saturated rings. The third-order valence-electron chi connectivity index (χ3n) is 4.48. The van der Waals surface area contributed by atoms with E-state index >= 15 is 0 Å². The van der Waals surface area contributed by atoms with Crippen molar-refractivity contribution >= 4 is 5.91 Å². The SMILES string of the molecule is COc1cc(OC)cc(C(=O)NCC2(O)CCc3ccccc32)c1. The number of amides is 1. The van der Waals surface area contributed by atoms with E-state index in [1.807, 2.05) is 24.3 Å². The lowest BCUT2D eigenvalue weighted by Gasteiger charge is -2.24. The lowest BCUT2D eigenvalue weighted by atomic mass is 9.96. The average Bonchev–Trinajstić information content (AvgIpc) is 2.97. The summed E-state index contributed by atoms with van der Waals surface area (Å²) in [5.41, 5.74) is 1.45. The average molecular weight is 327 g/mol. The summed E-state index contributed by atoms with van der Waals surface area (Å²) in [6.45, 7) is 0.169. The largest absolute Gasteiger partial charge is 0.497 e. The summed E-state index contributed by atoms with van der Waals surface area (Å²) < 4.78 is 10.4. The van der Waals surface area contributed by atoms with Gasteiger partial charge in [0.1, 0.15) is 17.1 Å². The van der Waals surface area contributed by atoms with Crippen LogP contribution in [0.4, 0.5) is 0 Å². The highest BCUT2D eigenvalue weighted by Crippen LogP contribution is 2.36. The van der Waals surface area contributed by atoms with Crippen LogP contribution in [0.3, 0.4) is 0 Å². The Morgan fingerprint density at radius 1 is 1.17 bits per heavy atom. The van der Waals surface area contributed by atoms with Crippen LogP contribution in [0.15, 0.2) is 42.5 Å². The second-order valence-electron chi connectivity index (χ2n) is 5.97. The van der Waals surface area contributed by atoms with Crippen LogP contribution in [0.2, 0.25) is 0 Å². The number of aliphatic hydroxyl groups is 1. The zero-order valence-electron chi connectivity index (χ0n) is 13.8. The molecule has 0 saturated carbocycles. The molecule has 126 valence electrons. The molecule has 1 unspecified atom stereocenters. The first-order valence-corrected chi connectivity index (χ1v) is 7.88. The Morgan fingerprint density at radius 3 is 2.50 bits per heavy atom. The highest BCUT2D eigenvalue weighted by atomic mass is 16.5. The number of rotatable bonds is 5. The quantitative estimate of drug-likeness (QED) is 0.884. The number of methoxy groups -OCH3 is 2. The summed E-state index contributed by atoms with van der Waals surface area (Å²) in [6.07, 6.45) is 1.42. The molecule has 1 amide bonds. The van der Waals surface area contributed by atoms with Crippen LogP contribution in [0, 0.1) is 0 Å². The zero-order valence-corrected chi connectivity index (χ0v) is 13.8. The number of hydrogen-bond acceptors (Lipinski definition) is 4. The molecule has 1 aliphatic carbocycles. The maximum Gasteiger partial charge on any atom is 0.251 e. The van der Waals surface area contributed by atoms with E-state index in [0.717, 1.165) is 17.5 Å². The first-order valence-electron chi connectivity index (χ1n) is 7.88. The Bertz CT molecular complexity index is 737. The van der Waals surface area contributed by atoms with Crippen LogP contribution in [0.5, 0.6) is 11.5 Å². The Hall–Kier alpha value is -2.53. The Kier molecular flexibility index (Phi) is 4.44. The molecule has 1 aliphatic rings. The van der Waals surface area contributed by atoms with Gasteiger partial charge >= 0.3 is 0 Å². The van der Waals surface area contributed by atoms with Gasteiger partial charge < -0.3 is 19.9 Å². The summed E-state index contributed by atoms with van der Waals surface area (Å²) in [7, 11) is 3.07. The molecule has 5 heteroatoms. The molecule has 0 bridgehead atoms. The van der Waals surface area contributed by atoms with Crippen molar-refractivity contribution in [2.75, 3.05) is 20.8 Å². The highest BCUT2D eigenvalue weighted by Gasteiger charge is 2.36. The van der Waals surface area contributed by atoms with Gasteiger partial charge in [0.2, 0.25) is 0 Å².